The molecule has 0 fully saturated rings. The molecule has 1 aromatic carbocycles. The highest BCUT2D eigenvalue weighted by Crippen LogP contribution is 2.35. The standard InChI is InChI=1S/C23H33OP/c1-21(2,3)16-13-18(22(4,5)6)20(19(14-16)23(7,8)9)25-15-17-11-10-12-24-17/h10-15H,1-9H3. The Balaban J connectivity index is 2.77. The molecule has 0 atom stereocenters. The summed E-state index contributed by atoms with van der Waals surface area (Å²) in [5, 5.41) is 1.42. The lowest BCUT2D eigenvalue weighted by Crippen LogP contribution is -2.29. The van der Waals surface area contributed by atoms with Gasteiger partial charge in [0.05, 0.1) is 6.26 Å². The number of hydrogen-bond acceptors (Lipinski definition) is 1. The molecule has 25 heavy (non-hydrogen) atoms. The predicted molar refractivity (Wildman–Crippen MR) is 113 cm³/mol. The van der Waals surface area contributed by atoms with Gasteiger partial charge in [-0.15, -0.1) is 0 Å². The van der Waals surface area contributed by atoms with E-state index in [4.69, 9.17) is 4.42 Å². The molecule has 0 saturated heterocycles. The molecule has 0 unspecified atom stereocenters. The van der Waals surface area contributed by atoms with Crippen LogP contribution < -0.4 is 5.30 Å². The molecule has 0 spiro atoms. The van der Waals surface area contributed by atoms with Crippen LogP contribution in [0.4, 0.5) is 0 Å². The van der Waals surface area contributed by atoms with E-state index < -0.39 is 0 Å². The van der Waals surface area contributed by atoms with E-state index in [0.717, 1.165) is 5.76 Å². The van der Waals surface area contributed by atoms with E-state index in [9.17, 15) is 0 Å². The molecule has 0 bridgehead atoms. The molecular formula is C23H33OP. The van der Waals surface area contributed by atoms with Crippen LogP contribution in [-0.4, -0.2) is 5.80 Å². The van der Waals surface area contributed by atoms with Crippen LogP contribution in [0.2, 0.25) is 0 Å². The number of furan rings is 1. The van der Waals surface area contributed by atoms with E-state index in [1.807, 2.05) is 12.1 Å². The van der Waals surface area contributed by atoms with Gasteiger partial charge in [0.1, 0.15) is 5.76 Å². The molecule has 0 saturated carbocycles. The van der Waals surface area contributed by atoms with Crippen molar-refractivity contribution >= 4 is 19.3 Å². The Bertz CT molecular complexity index is 710. The van der Waals surface area contributed by atoms with E-state index in [0.29, 0.717) is 0 Å². The SMILES string of the molecule is CC(C)(C)c1cc(C(C)(C)C)c(P=Cc2ccco2)c(C(C)(C)C)c1. The van der Waals surface area contributed by atoms with Crippen molar-refractivity contribution in [3.05, 3.63) is 53.0 Å². The lowest BCUT2D eigenvalue weighted by atomic mass is 9.75. The van der Waals surface area contributed by atoms with E-state index in [1.165, 1.54) is 30.2 Å². The van der Waals surface area contributed by atoms with E-state index in [2.05, 4.69) is 80.2 Å². The minimum absolute atomic E-state index is 0.0978. The van der Waals surface area contributed by atoms with Gasteiger partial charge in [-0.25, -0.2) is 0 Å². The van der Waals surface area contributed by atoms with Gasteiger partial charge in [-0.1, -0.05) is 82.7 Å². The largest absolute Gasteiger partial charge is 0.465 e. The third-order valence-electron chi connectivity index (χ3n) is 4.46. The first-order valence-electron chi connectivity index (χ1n) is 9.07. The van der Waals surface area contributed by atoms with Crippen LogP contribution in [0.5, 0.6) is 0 Å². The first kappa shape index (κ1) is 20.0. The first-order valence-corrected chi connectivity index (χ1v) is 10.0. The van der Waals surface area contributed by atoms with Crippen molar-refractivity contribution in [2.75, 3.05) is 0 Å². The zero-order valence-electron chi connectivity index (χ0n) is 17.3. The second-order valence-corrected chi connectivity index (χ2v) is 10.9. The zero-order valence-corrected chi connectivity index (χ0v) is 18.2. The summed E-state index contributed by atoms with van der Waals surface area (Å²) in [7, 11) is 1.20. The molecule has 0 aliphatic rings. The van der Waals surface area contributed by atoms with Gasteiger partial charge in [0.25, 0.3) is 0 Å². The van der Waals surface area contributed by atoms with Crippen LogP contribution in [0.1, 0.15) is 84.8 Å². The Kier molecular flexibility index (Phi) is 5.41. The Hall–Kier alpha value is -1.33. The molecule has 1 heterocycles. The van der Waals surface area contributed by atoms with Gasteiger partial charge >= 0.3 is 0 Å². The van der Waals surface area contributed by atoms with Gasteiger partial charge in [0.15, 0.2) is 0 Å². The molecule has 1 nitrogen and oxygen atoms in total. The molecule has 0 aliphatic carbocycles. The van der Waals surface area contributed by atoms with Crippen LogP contribution in [-0.2, 0) is 16.2 Å². The van der Waals surface area contributed by atoms with Gasteiger partial charge in [0, 0.05) is 11.1 Å². The fourth-order valence-electron chi connectivity index (χ4n) is 2.84. The lowest BCUT2D eigenvalue weighted by molar-refractivity contribution is 0.553. The highest BCUT2D eigenvalue weighted by atomic mass is 31.1. The van der Waals surface area contributed by atoms with Crippen molar-refractivity contribution in [2.24, 2.45) is 0 Å². The summed E-state index contributed by atoms with van der Waals surface area (Å²) in [5.74, 6) is 3.11. The maximum absolute atomic E-state index is 5.52. The lowest BCUT2D eigenvalue weighted by Gasteiger charge is -2.32. The summed E-state index contributed by atoms with van der Waals surface area (Å²) in [5.41, 5.74) is 4.63. The molecule has 0 aliphatic heterocycles. The molecule has 1 aromatic heterocycles. The van der Waals surface area contributed by atoms with Crippen LogP contribution in [0.15, 0.2) is 34.9 Å². The summed E-state index contributed by atoms with van der Waals surface area (Å²) >= 11 is 0. The van der Waals surface area contributed by atoms with E-state index in [1.54, 1.807) is 6.26 Å². The van der Waals surface area contributed by atoms with Crippen LogP contribution in [0, 0.1) is 0 Å². The molecule has 2 heteroatoms. The molecule has 0 radical (unpaired) electrons. The Morgan fingerprint density at radius 3 is 1.68 bits per heavy atom. The average molecular weight is 356 g/mol. The maximum atomic E-state index is 5.52. The number of hydrogen-bond donors (Lipinski definition) is 0. The van der Waals surface area contributed by atoms with E-state index >= 15 is 0 Å². The van der Waals surface area contributed by atoms with Gasteiger partial charge in [-0.3, -0.25) is 0 Å². The number of rotatable bonds is 2. The Morgan fingerprint density at radius 2 is 1.32 bits per heavy atom. The monoisotopic (exact) mass is 356 g/mol. The first-order chi connectivity index (χ1) is 11.3. The second-order valence-electron chi connectivity index (χ2n) is 9.94. The minimum Gasteiger partial charge on any atom is -0.465 e. The number of benzene rings is 1. The third-order valence-corrected chi connectivity index (χ3v) is 5.58. The summed E-state index contributed by atoms with van der Waals surface area (Å²) < 4.78 is 5.52. The van der Waals surface area contributed by atoms with Crippen molar-refractivity contribution in [3.8, 4) is 0 Å². The second kappa shape index (κ2) is 6.76. The van der Waals surface area contributed by atoms with Crippen molar-refractivity contribution in [3.63, 3.8) is 0 Å². The quantitative estimate of drug-likeness (QED) is 0.553. The average Bonchev–Trinajstić information content (AvgIpc) is 2.94. The van der Waals surface area contributed by atoms with Gasteiger partial charge in [-0.2, -0.15) is 0 Å². The summed E-state index contributed by atoms with van der Waals surface area (Å²) in [6.45, 7) is 20.8. The van der Waals surface area contributed by atoms with Crippen molar-refractivity contribution in [1.82, 2.24) is 0 Å². The minimum atomic E-state index is 0.0978. The van der Waals surface area contributed by atoms with Gasteiger partial charge in [0.2, 0.25) is 0 Å². The topological polar surface area (TPSA) is 13.1 Å². The zero-order chi connectivity index (χ0) is 19.0. The van der Waals surface area contributed by atoms with Crippen LogP contribution in [0.25, 0.3) is 0 Å². The molecule has 2 rings (SSSR count). The molecule has 0 N–H and O–H groups in total. The maximum Gasteiger partial charge on any atom is 0.131 e. The summed E-state index contributed by atoms with van der Waals surface area (Å²) in [6.07, 6.45) is 1.74. The molecule has 2 aromatic rings. The predicted octanol–water partition coefficient (Wildman–Crippen LogP) is 6.59. The van der Waals surface area contributed by atoms with Gasteiger partial charge < -0.3 is 4.42 Å². The fraction of sp³-hybridized carbons (Fsp3) is 0.522. The van der Waals surface area contributed by atoms with Crippen molar-refractivity contribution < 1.29 is 4.42 Å². The normalized spacial score (nSPS) is 13.6. The Morgan fingerprint density at radius 1 is 0.800 bits per heavy atom. The molecule has 136 valence electrons. The highest BCUT2D eigenvalue weighted by molar-refractivity contribution is 7.48. The van der Waals surface area contributed by atoms with Crippen molar-refractivity contribution in [2.45, 2.75) is 78.6 Å². The van der Waals surface area contributed by atoms with E-state index in [-0.39, 0.29) is 16.2 Å². The summed E-state index contributed by atoms with van der Waals surface area (Å²) in [4.78, 5) is 0. The third kappa shape index (κ3) is 4.85. The Labute approximate surface area is 155 Å². The van der Waals surface area contributed by atoms with Crippen LogP contribution in [0.3, 0.4) is 0 Å². The highest BCUT2D eigenvalue weighted by Gasteiger charge is 2.28. The van der Waals surface area contributed by atoms with Crippen molar-refractivity contribution in [1.29, 1.82) is 0 Å². The fourth-order valence-corrected chi connectivity index (χ4v) is 4.32. The summed E-state index contributed by atoms with van der Waals surface area (Å²) in [6, 6.07) is 8.81. The molecular weight excluding hydrogens is 323 g/mol. The van der Waals surface area contributed by atoms with Gasteiger partial charge in [-0.05, 0) is 45.1 Å². The van der Waals surface area contributed by atoms with Crippen LogP contribution >= 0.6 is 8.20 Å². The smallest absolute Gasteiger partial charge is 0.131 e. The molecule has 0 amide bonds.